The Morgan fingerprint density at radius 2 is 1.88 bits per heavy atom. The van der Waals surface area contributed by atoms with Gasteiger partial charge in [0.1, 0.15) is 11.6 Å². The van der Waals surface area contributed by atoms with Crippen LogP contribution in [0.1, 0.15) is 29.8 Å². The maximum absolute atomic E-state index is 13.8. The van der Waals surface area contributed by atoms with Crippen LogP contribution in [0.4, 0.5) is 28.0 Å². The standard InChI is InChI=1S/C24H25F4N5O/c25-19-12-18(24(26,27)28)13-20(14-19)31-23(34)33(15-17-4-2-1-3-5-17)21-6-10-32(11-7-21)16-22-29-8-9-30-22/h1-5,8-9,12-14,21H,6-7,10-11,15-16H2,(H,29,30)(H,31,34). The number of nitrogens with one attached hydrogen (secondary N) is 2. The first-order chi connectivity index (χ1) is 16.3. The summed E-state index contributed by atoms with van der Waals surface area (Å²) >= 11 is 0. The number of amides is 2. The number of rotatable bonds is 6. The van der Waals surface area contributed by atoms with Crippen LogP contribution in [0.2, 0.25) is 0 Å². The van der Waals surface area contributed by atoms with Crippen molar-refractivity contribution in [1.82, 2.24) is 19.8 Å². The Labute approximate surface area is 194 Å². The van der Waals surface area contributed by atoms with Crippen LogP contribution in [-0.2, 0) is 19.3 Å². The summed E-state index contributed by atoms with van der Waals surface area (Å²) in [5, 5.41) is 2.48. The van der Waals surface area contributed by atoms with E-state index in [-0.39, 0.29) is 18.3 Å². The van der Waals surface area contributed by atoms with Gasteiger partial charge in [-0.1, -0.05) is 30.3 Å². The van der Waals surface area contributed by atoms with E-state index >= 15 is 0 Å². The molecule has 1 saturated heterocycles. The highest BCUT2D eigenvalue weighted by Crippen LogP contribution is 2.32. The van der Waals surface area contributed by atoms with Gasteiger partial charge < -0.3 is 15.2 Å². The summed E-state index contributed by atoms with van der Waals surface area (Å²) in [5.41, 5.74) is -0.486. The van der Waals surface area contributed by atoms with Crippen molar-refractivity contribution in [2.75, 3.05) is 18.4 Å². The van der Waals surface area contributed by atoms with Gasteiger partial charge in [0, 0.05) is 43.8 Å². The lowest BCUT2D eigenvalue weighted by Gasteiger charge is -2.38. The molecule has 2 aromatic carbocycles. The van der Waals surface area contributed by atoms with E-state index in [4.69, 9.17) is 0 Å². The van der Waals surface area contributed by atoms with Gasteiger partial charge in [-0.05, 0) is 36.6 Å². The fraction of sp³-hybridized carbons (Fsp3) is 0.333. The van der Waals surface area contributed by atoms with Crippen LogP contribution in [0.15, 0.2) is 60.9 Å². The quantitative estimate of drug-likeness (QED) is 0.478. The number of carbonyl (C=O) groups is 1. The number of hydrogen-bond acceptors (Lipinski definition) is 3. The lowest BCUT2D eigenvalue weighted by molar-refractivity contribution is -0.137. The highest BCUT2D eigenvalue weighted by Gasteiger charge is 2.32. The summed E-state index contributed by atoms with van der Waals surface area (Å²) in [7, 11) is 0. The lowest BCUT2D eigenvalue weighted by atomic mass is 10.0. The zero-order valence-corrected chi connectivity index (χ0v) is 18.4. The molecule has 2 amide bonds. The number of H-pyrrole nitrogens is 1. The average molecular weight is 475 g/mol. The fourth-order valence-corrected chi connectivity index (χ4v) is 4.15. The molecule has 1 aliphatic heterocycles. The summed E-state index contributed by atoms with van der Waals surface area (Å²) in [6.07, 6.45) is 0.136. The van der Waals surface area contributed by atoms with Gasteiger partial charge in [-0.2, -0.15) is 13.2 Å². The van der Waals surface area contributed by atoms with Gasteiger partial charge >= 0.3 is 12.2 Å². The third-order valence-electron chi connectivity index (χ3n) is 5.86. The second-order valence-electron chi connectivity index (χ2n) is 8.31. The number of benzene rings is 2. The summed E-state index contributed by atoms with van der Waals surface area (Å²) in [4.78, 5) is 24.4. The Morgan fingerprint density at radius 1 is 1.15 bits per heavy atom. The molecule has 34 heavy (non-hydrogen) atoms. The smallest absolute Gasteiger partial charge is 0.348 e. The Morgan fingerprint density at radius 3 is 2.53 bits per heavy atom. The van der Waals surface area contributed by atoms with Crippen molar-refractivity contribution in [3.8, 4) is 0 Å². The normalized spacial score (nSPS) is 15.3. The van der Waals surface area contributed by atoms with Crippen LogP contribution in [0, 0.1) is 5.82 Å². The van der Waals surface area contributed by atoms with E-state index in [1.165, 1.54) is 0 Å². The fourth-order valence-electron chi connectivity index (χ4n) is 4.15. The number of anilines is 1. The monoisotopic (exact) mass is 475 g/mol. The third kappa shape index (κ3) is 6.13. The minimum Gasteiger partial charge on any atom is -0.348 e. The molecule has 3 aromatic rings. The molecule has 4 rings (SSSR count). The lowest BCUT2D eigenvalue weighted by Crippen LogP contribution is -2.48. The first-order valence-electron chi connectivity index (χ1n) is 11.0. The molecule has 2 N–H and O–H groups in total. The molecule has 6 nitrogen and oxygen atoms in total. The Kier molecular flexibility index (Phi) is 7.16. The topological polar surface area (TPSA) is 64.3 Å². The zero-order valence-electron chi connectivity index (χ0n) is 18.4. The molecule has 0 spiro atoms. The number of alkyl halides is 3. The number of urea groups is 1. The minimum atomic E-state index is -4.72. The Bertz CT molecular complexity index is 1080. The van der Waals surface area contributed by atoms with Gasteiger partial charge in [0.15, 0.2) is 0 Å². The van der Waals surface area contributed by atoms with E-state index < -0.39 is 23.6 Å². The van der Waals surface area contributed by atoms with Gasteiger partial charge in [0.25, 0.3) is 0 Å². The van der Waals surface area contributed by atoms with Gasteiger partial charge in [-0.25, -0.2) is 14.2 Å². The molecule has 1 aromatic heterocycles. The number of halogens is 4. The number of aromatic amines is 1. The van der Waals surface area contributed by atoms with E-state index in [0.717, 1.165) is 36.6 Å². The SMILES string of the molecule is O=C(Nc1cc(F)cc(C(F)(F)F)c1)N(Cc1ccccc1)C1CCN(Cc2ncc[nH]2)CC1. The molecule has 180 valence electrons. The number of piperidine rings is 1. The van der Waals surface area contributed by atoms with Crippen molar-refractivity contribution in [3.63, 3.8) is 0 Å². The molecular weight excluding hydrogens is 450 g/mol. The second kappa shape index (κ2) is 10.3. The van der Waals surface area contributed by atoms with E-state index in [2.05, 4.69) is 20.2 Å². The number of carbonyl (C=O) groups excluding carboxylic acids is 1. The highest BCUT2D eigenvalue weighted by molar-refractivity contribution is 5.89. The van der Waals surface area contributed by atoms with Crippen LogP contribution >= 0.6 is 0 Å². The number of hydrogen-bond donors (Lipinski definition) is 2. The predicted molar refractivity (Wildman–Crippen MR) is 119 cm³/mol. The van der Waals surface area contributed by atoms with Crippen LogP contribution in [0.3, 0.4) is 0 Å². The molecule has 0 bridgehead atoms. The summed E-state index contributed by atoms with van der Waals surface area (Å²) in [6.45, 7) is 2.44. The first kappa shape index (κ1) is 23.7. The summed E-state index contributed by atoms with van der Waals surface area (Å²) in [5.74, 6) is -0.199. The molecule has 1 fully saturated rings. The number of aromatic nitrogens is 2. The zero-order chi connectivity index (χ0) is 24.1. The molecule has 0 atom stereocenters. The van der Waals surface area contributed by atoms with Gasteiger partial charge in [0.05, 0.1) is 12.1 Å². The van der Waals surface area contributed by atoms with Crippen molar-refractivity contribution in [3.05, 3.63) is 83.7 Å². The van der Waals surface area contributed by atoms with Gasteiger partial charge in [-0.3, -0.25) is 4.90 Å². The van der Waals surface area contributed by atoms with E-state index in [1.807, 2.05) is 30.3 Å². The van der Waals surface area contributed by atoms with Crippen molar-refractivity contribution in [2.45, 2.75) is 38.1 Å². The maximum Gasteiger partial charge on any atom is 0.416 e. The number of likely N-dealkylation sites (tertiary alicyclic amines) is 1. The molecule has 0 saturated carbocycles. The molecule has 1 aliphatic rings. The summed E-state index contributed by atoms with van der Waals surface area (Å²) < 4.78 is 53.1. The number of imidazole rings is 1. The maximum atomic E-state index is 13.8. The molecule has 10 heteroatoms. The third-order valence-corrected chi connectivity index (χ3v) is 5.86. The van der Waals surface area contributed by atoms with Crippen LogP contribution in [-0.4, -0.2) is 44.9 Å². The Balaban J connectivity index is 1.49. The largest absolute Gasteiger partial charge is 0.416 e. The predicted octanol–water partition coefficient (Wildman–Crippen LogP) is 5.27. The average Bonchev–Trinajstić information content (AvgIpc) is 3.31. The number of nitrogens with zero attached hydrogens (tertiary/aromatic N) is 3. The molecule has 0 unspecified atom stereocenters. The molecule has 2 heterocycles. The van der Waals surface area contributed by atoms with Crippen molar-refractivity contribution in [2.24, 2.45) is 0 Å². The highest BCUT2D eigenvalue weighted by atomic mass is 19.4. The molecular formula is C24H25F4N5O. The van der Waals surface area contributed by atoms with Crippen molar-refractivity contribution >= 4 is 11.7 Å². The van der Waals surface area contributed by atoms with E-state index in [9.17, 15) is 22.4 Å². The second-order valence-corrected chi connectivity index (χ2v) is 8.31. The molecule has 0 aliphatic carbocycles. The van der Waals surface area contributed by atoms with Crippen LogP contribution in [0.25, 0.3) is 0 Å². The summed E-state index contributed by atoms with van der Waals surface area (Å²) in [6, 6.07) is 10.7. The minimum absolute atomic E-state index is 0.122. The van der Waals surface area contributed by atoms with Crippen molar-refractivity contribution < 1.29 is 22.4 Å². The van der Waals surface area contributed by atoms with Crippen molar-refractivity contribution in [1.29, 1.82) is 0 Å². The Hall–Kier alpha value is -3.40. The first-order valence-corrected chi connectivity index (χ1v) is 11.0. The van der Waals surface area contributed by atoms with Crippen LogP contribution in [0.5, 0.6) is 0 Å². The van der Waals surface area contributed by atoms with Gasteiger partial charge in [-0.15, -0.1) is 0 Å². The van der Waals surface area contributed by atoms with Gasteiger partial charge in [0.2, 0.25) is 0 Å². The molecule has 0 radical (unpaired) electrons. The van der Waals surface area contributed by atoms with E-state index in [0.29, 0.717) is 25.5 Å². The van der Waals surface area contributed by atoms with Crippen LogP contribution < -0.4 is 5.32 Å². The van der Waals surface area contributed by atoms with E-state index in [1.54, 1.807) is 17.3 Å².